The summed E-state index contributed by atoms with van der Waals surface area (Å²) in [5.74, 6) is 2.55. The number of hydrogen-bond donors (Lipinski definition) is 0. The number of aryl methyl sites for hydroxylation is 1. The first-order valence-electron chi connectivity index (χ1n) is 10.4. The van der Waals surface area contributed by atoms with E-state index in [0.717, 1.165) is 48.9 Å². The van der Waals surface area contributed by atoms with Gasteiger partial charge >= 0.3 is 0 Å². The highest BCUT2D eigenvalue weighted by Gasteiger charge is 2.23. The normalized spacial score (nSPS) is 15.1. The van der Waals surface area contributed by atoms with E-state index in [0.29, 0.717) is 18.0 Å². The van der Waals surface area contributed by atoms with Crippen LogP contribution in [0.1, 0.15) is 24.3 Å². The number of hydrogen-bond acceptors (Lipinski definition) is 6. The molecule has 4 rings (SSSR count). The van der Waals surface area contributed by atoms with Crippen molar-refractivity contribution in [3.05, 3.63) is 59.7 Å². The van der Waals surface area contributed by atoms with Crippen molar-refractivity contribution in [1.82, 2.24) is 9.88 Å². The van der Waals surface area contributed by atoms with Gasteiger partial charge in [0.1, 0.15) is 11.9 Å². The van der Waals surface area contributed by atoms with Crippen molar-refractivity contribution in [2.24, 2.45) is 0 Å². The van der Waals surface area contributed by atoms with Crippen LogP contribution in [-0.4, -0.2) is 43.3 Å². The van der Waals surface area contributed by atoms with Gasteiger partial charge in [-0.25, -0.2) is 9.37 Å². The maximum Gasteiger partial charge on any atom is 0.226 e. The van der Waals surface area contributed by atoms with E-state index in [-0.39, 0.29) is 11.9 Å². The van der Waals surface area contributed by atoms with Crippen LogP contribution in [0, 0.1) is 12.7 Å². The Bertz CT molecular complexity index is 1030. The molecule has 0 bridgehead atoms. The standard InChI is InChI=1S/C24H27FN2O4/c1-16-20(26-24(30-16)17-8-9-19(25)23(14-17)29-3)15-27-12-10-18(11-13-27)31-22-7-5-4-6-21(22)28-2/h4-9,14,18H,10-13,15H2,1-3H3. The van der Waals surface area contributed by atoms with Crippen LogP contribution in [0.4, 0.5) is 4.39 Å². The first kappa shape index (κ1) is 21.2. The van der Waals surface area contributed by atoms with Crippen molar-refractivity contribution in [2.45, 2.75) is 32.4 Å². The second kappa shape index (κ2) is 9.39. The fourth-order valence-electron chi connectivity index (χ4n) is 3.78. The molecule has 1 fully saturated rings. The zero-order valence-corrected chi connectivity index (χ0v) is 18.1. The first-order chi connectivity index (χ1) is 15.1. The lowest BCUT2D eigenvalue weighted by molar-refractivity contribution is 0.0935. The molecule has 0 N–H and O–H groups in total. The molecular formula is C24H27FN2O4. The average Bonchev–Trinajstić information content (AvgIpc) is 3.16. The van der Waals surface area contributed by atoms with Gasteiger partial charge in [0.2, 0.25) is 5.89 Å². The largest absolute Gasteiger partial charge is 0.494 e. The number of rotatable bonds is 7. The molecule has 0 atom stereocenters. The number of para-hydroxylation sites is 2. The molecule has 1 aliphatic rings. The third-order valence-corrected chi connectivity index (χ3v) is 5.56. The number of benzene rings is 2. The van der Waals surface area contributed by atoms with E-state index >= 15 is 0 Å². The smallest absolute Gasteiger partial charge is 0.226 e. The average molecular weight is 426 g/mol. The Balaban J connectivity index is 1.37. The summed E-state index contributed by atoms with van der Waals surface area (Å²) in [6.07, 6.45) is 2.02. The second-order valence-corrected chi connectivity index (χ2v) is 7.62. The van der Waals surface area contributed by atoms with Crippen molar-refractivity contribution in [3.8, 4) is 28.7 Å². The van der Waals surface area contributed by atoms with Crippen molar-refractivity contribution >= 4 is 0 Å². The van der Waals surface area contributed by atoms with Crippen LogP contribution < -0.4 is 14.2 Å². The fourth-order valence-corrected chi connectivity index (χ4v) is 3.78. The van der Waals surface area contributed by atoms with E-state index in [1.807, 2.05) is 31.2 Å². The summed E-state index contributed by atoms with van der Waals surface area (Å²) in [6.45, 7) is 4.43. The summed E-state index contributed by atoms with van der Waals surface area (Å²) in [5, 5.41) is 0. The lowest BCUT2D eigenvalue weighted by Gasteiger charge is -2.32. The lowest BCUT2D eigenvalue weighted by atomic mass is 10.1. The zero-order chi connectivity index (χ0) is 21.8. The summed E-state index contributed by atoms with van der Waals surface area (Å²) in [4.78, 5) is 7.00. The molecular weight excluding hydrogens is 399 g/mol. The highest BCUT2D eigenvalue weighted by Crippen LogP contribution is 2.30. The maximum atomic E-state index is 13.7. The number of oxazole rings is 1. The number of methoxy groups -OCH3 is 2. The van der Waals surface area contributed by atoms with Gasteiger partial charge in [0, 0.05) is 25.2 Å². The molecule has 1 aliphatic heterocycles. The zero-order valence-electron chi connectivity index (χ0n) is 18.1. The van der Waals surface area contributed by atoms with Gasteiger partial charge in [-0.05, 0) is 50.1 Å². The highest BCUT2D eigenvalue weighted by atomic mass is 19.1. The van der Waals surface area contributed by atoms with Crippen LogP contribution in [0.15, 0.2) is 46.9 Å². The Morgan fingerprint density at radius 3 is 2.45 bits per heavy atom. The number of nitrogens with zero attached hydrogens (tertiary/aromatic N) is 2. The van der Waals surface area contributed by atoms with Gasteiger partial charge in [0.15, 0.2) is 23.1 Å². The molecule has 0 unspecified atom stereocenters. The van der Waals surface area contributed by atoms with Gasteiger partial charge in [-0.1, -0.05) is 12.1 Å². The molecule has 1 saturated heterocycles. The summed E-state index contributed by atoms with van der Waals surface area (Å²) in [7, 11) is 3.09. The molecule has 6 nitrogen and oxygen atoms in total. The van der Waals surface area contributed by atoms with E-state index in [4.69, 9.17) is 18.6 Å². The quantitative estimate of drug-likeness (QED) is 0.538. The van der Waals surface area contributed by atoms with E-state index in [1.54, 1.807) is 19.2 Å². The van der Waals surface area contributed by atoms with Crippen LogP contribution in [-0.2, 0) is 6.54 Å². The van der Waals surface area contributed by atoms with Crippen LogP contribution >= 0.6 is 0 Å². The Hall–Kier alpha value is -3.06. The second-order valence-electron chi connectivity index (χ2n) is 7.62. The van der Waals surface area contributed by atoms with E-state index in [1.165, 1.54) is 13.2 Å². The molecule has 0 amide bonds. The lowest BCUT2D eigenvalue weighted by Crippen LogP contribution is -2.38. The Labute approximate surface area is 181 Å². The van der Waals surface area contributed by atoms with Crippen molar-refractivity contribution in [3.63, 3.8) is 0 Å². The third kappa shape index (κ3) is 4.82. The molecule has 1 aromatic heterocycles. The molecule has 164 valence electrons. The molecule has 7 heteroatoms. The van der Waals surface area contributed by atoms with Crippen LogP contribution in [0.3, 0.4) is 0 Å². The van der Waals surface area contributed by atoms with E-state index in [9.17, 15) is 4.39 Å². The number of piperidine rings is 1. The molecule has 3 aromatic rings. The van der Waals surface area contributed by atoms with Crippen molar-refractivity contribution in [2.75, 3.05) is 27.3 Å². The van der Waals surface area contributed by atoms with Gasteiger partial charge in [-0.3, -0.25) is 4.90 Å². The molecule has 0 saturated carbocycles. The number of aromatic nitrogens is 1. The molecule has 2 heterocycles. The summed E-state index contributed by atoms with van der Waals surface area (Å²) >= 11 is 0. The monoisotopic (exact) mass is 426 g/mol. The predicted octanol–water partition coefficient (Wildman–Crippen LogP) is 4.85. The van der Waals surface area contributed by atoms with E-state index < -0.39 is 5.82 Å². The van der Waals surface area contributed by atoms with Gasteiger partial charge < -0.3 is 18.6 Å². The number of likely N-dealkylation sites (tertiary alicyclic amines) is 1. The van der Waals surface area contributed by atoms with Crippen LogP contribution in [0.2, 0.25) is 0 Å². The summed E-state index contributed by atoms with van der Waals surface area (Å²) in [6, 6.07) is 12.3. The number of ether oxygens (including phenoxy) is 3. The minimum absolute atomic E-state index is 0.160. The molecule has 2 aromatic carbocycles. The maximum absolute atomic E-state index is 13.7. The summed E-state index contributed by atoms with van der Waals surface area (Å²) in [5.41, 5.74) is 1.58. The Morgan fingerprint density at radius 2 is 1.74 bits per heavy atom. The van der Waals surface area contributed by atoms with Gasteiger partial charge in [-0.15, -0.1) is 0 Å². The Kier molecular flexibility index (Phi) is 6.42. The van der Waals surface area contributed by atoms with Gasteiger partial charge in [0.05, 0.1) is 19.9 Å². The third-order valence-electron chi connectivity index (χ3n) is 5.56. The number of halogens is 1. The highest BCUT2D eigenvalue weighted by molar-refractivity contribution is 5.56. The fraction of sp³-hybridized carbons (Fsp3) is 0.375. The SMILES string of the molecule is COc1cc(-c2nc(CN3CCC(Oc4ccccc4OC)CC3)c(C)o2)ccc1F. The molecule has 0 spiro atoms. The van der Waals surface area contributed by atoms with Crippen LogP contribution in [0.5, 0.6) is 17.2 Å². The van der Waals surface area contributed by atoms with Gasteiger partial charge in [-0.2, -0.15) is 0 Å². The van der Waals surface area contributed by atoms with Crippen LogP contribution in [0.25, 0.3) is 11.5 Å². The molecule has 0 aliphatic carbocycles. The minimum Gasteiger partial charge on any atom is -0.494 e. The van der Waals surface area contributed by atoms with E-state index in [2.05, 4.69) is 9.88 Å². The van der Waals surface area contributed by atoms with Crippen molar-refractivity contribution in [1.29, 1.82) is 0 Å². The summed E-state index contributed by atoms with van der Waals surface area (Å²) < 4.78 is 36.1. The predicted molar refractivity (Wildman–Crippen MR) is 115 cm³/mol. The first-order valence-corrected chi connectivity index (χ1v) is 10.4. The van der Waals surface area contributed by atoms with Gasteiger partial charge in [0.25, 0.3) is 0 Å². The Morgan fingerprint density at radius 1 is 1.03 bits per heavy atom. The topological polar surface area (TPSA) is 57.0 Å². The molecule has 0 radical (unpaired) electrons. The minimum atomic E-state index is -0.409. The van der Waals surface area contributed by atoms with Crippen molar-refractivity contribution < 1.29 is 23.0 Å². The molecule has 31 heavy (non-hydrogen) atoms.